The van der Waals surface area contributed by atoms with Crippen molar-refractivity contribution in [2.24, 2.45) is 5.10 Å². The van der Waals surface area contributed by atoms with Crippen molar-refractivity contribution < 1.29 is 9.66 Å². The van der Waals surface area contributed by atoms with Crippen LogP contribution in [-0.2, 0) is 4.74 Å². The van der Waals surface area contributed by atoms with Gasteiger partial charge in [-0.25, -0.2) is 9.66 Å². The molecule has 1 saturated heterocycles. The van der Waals surface area contributed by atoms with Gasteiger partial charge in [0.25, 0.3) is 5.69 Å². The molecule has 1 aromatic heterocycles. The molecule has 1 fully saturated rings. The Balaban J connectivity index is 1.88. The Morgan fingerprint density at radius 2 is 2.17 bits per heavy atom. The van der Waals surface area contributed by atoms with E-state index in [0.717, 1.165) is 5.69 Å². The van der Waals surface area contributed by atoms with Gasteiger partial charge < -0.3 is 15.4 Å². The van der Waals surface area contributed by atoms with Crippen LogP contribution < -0.4 is 10.6 Å². The third-order valence-corrected chi connectivity index (χ3v) is 3.71. The molecule has 0 amide bonds. The van der Waals surface area contributed by atoms with Crippen molar-refractivity contribution in [2.75, 3.05) is 36.9 Å². The molecular weight excluding hydrogens is 312 g/mol. The average Bonchev–Trinajstić information content (AvgIpc) is 2.91. The van der Waals surface area contributed by atoms with Gasteiger partial charge in [0.2, 0.25) is 5.95 Å². The van der Waals surface area contributed by atoms with Gasteiger partial charge >= 0.3 is 0 Å². The van der Waals surface area contributed by atoms with Crippen LogP contribution in [0.3, 0.4) is 0 Å². The highest BCUT2D eigenvalue weighted by Crippen LogP contribution is 2.29. The summed E-state index contributed by atoms with van der Waals surface area (Å²) < 4.78 is 6.72. The third kappa shape index (κ3) is 3.35. The van der Waals surface area contributed by atoms with E-state index in [1.54, 1.807) is 18.3 Å². The Kier molecular flexibility index (Phi) is 4.43. The largest absolute Gasteiger partial charge is 0.378 e. The lowest BCUT2D eigenvalue weighted by Gasteiger charge is -2.28. The minimum atomic E-state index is -0.377. The molecule has 3 rings (SSSR count). The number of ether oxygens (including phenoxy) is 1. The zero-order valence-electron chi connectivity index (χ0n) is 13.3. The second-order valence-corrected chi connectivity index (χ2v) is 5.43. The lowest BCUT2D eigenvalue weighted by molar-refractivity contribution is -0.384. The molecule has 1 aromatic carbocycles. The van der Waals surface area contributed by atoms with Crippen molar-refractivity contribution >= 4 is 23.5 Å². The molecule has 1 aliphatic heterocycles. The molecule has 0 atom stereocenters. The van der Waals surface area contributed by atoms with E-state index < -0.39 is 0 Å². The Morgan fingerprint density at radius 3 is 2.79 bits per heavy atom. The number of nitrogen functional groups attached to an aromatic ring is 1. The zero-order chi connectivity index (χ0) is 17.1. The van der Waals surface area contributed by atoms with Crippen molar-refractivity contribution in [3.8, 4) is 0 Å². The van der Waals surface area contributed by atoms with E-state index in [2.05, 4.69) is 10.1 Å². The number of morpholine rings is 1. The highest BCUT2D eigenvalue weighted by atomic mass is 16.6. The lowest BCUT2D eigenvalue weighted by Crippen LogP contribution is -2.36. The number of imidazole rings is 1. The topological polar surface area (TPSA) is 112 Å². The molecule has 24 heavy (non-hydrogen) atoms. The fourth-order valence-corrected chi connectivity index (χ4v) is 2.56. The Bertz CT molecular complexity index is 780. The van der Waals surface area contributed by atoms with Crippen molar-refractivity contribution in [1.29, 1.82) is 0 Å². The van der Waals surface area contributed by atoms with Crippen LogP contribution in [0.2, 0.25) is 0 Å². The van der Waals surface area contributed by atoms with E-state index in [1.165, 1.54) is 17.0 Å². The van der Waals surface area contributed by atoms with Gasteiger partial charge in [-0.2, -0.15) is 5.10 Å². The third-order valence-electron chi connectivity index (χ3n) is 3.71. The molecule has 0 aliphatic carbocycles. The number of rotatable bonds is 4. The molecule has 0 spiro atoms. The fraction of sp³-hybridized carbons (Fsp3) is 0.333. The van der Waals surface area contributed by atoms with Crippen LogP contribution in [-0.4, -0.2) is 47.1 Å². The molecule has 1 aliphatic rings. The second kappa shape index (κ2) is 6.67. The summed E-state index contributed by atoms with van der Waals surface area (Å²) >= 11 is 0. The molecular formula is C15H18N6O3. The van der Waals surface area contributed by atoms with Crippen LogP contribution in [0.4, 0.5) is 17.3 Å². The fourth-order valence-electron chi connectivity index (χ4n) is 2.56. The van der Waals surface area contributed by atoms with E-state index in [4.69, 9.17) is 10.5 Å². The summed E-state index contributed by atoms with van der Waals surface area (Å²) in [5.41, 5.74) is 7.73. The van der Waals surface area contributed by atoms with Gasteiger partial charge in [0.1, 0.15) is 5.69 Å². The van der Waals surface area contributed by atoms with E-state index in [0.29, 0.717) is 37.6 Å². The summed E-state index contributed by atoms with van der Waals surface area (Å²) in [6.45, 7) is 4.22. The maximum absolute atomic E-state index is 11.4. The standard InChI is InChI=1S/C15H18N6O3/c1-11-10-20(15(16)18-11)17-9-12-2-3-13(14(8-12)21(22)23)19-4-6-24-7-5-19/h2-3,8-10H,4-7H2,1H3,(H2,16,18). The number of aromatic nitrogens is 2. The summed E-state index contributed by atoms with van der Waals surface area (Å²) in [5.74, 6) is 0.267. The van der Waals surface area contributed by atoms with E-state index >= 15 is 0 Å². The number of hydrogen-bond acceptors (Lipinski definition) is 7. The molecule has 126 valence electrons. The van der Waals surface area contributed by atoms with Gasteiger partial charge in [0.15, 0.2) is 0 Å². The molecule has 0 saturated carbocycles. The Labute approximate surface area is 138 Å². The van der Waals surface area contributed by atoms with Crippen molar-refractivity contribution in [3.63, 3.8) is 0 Å². The van der Waals surface area contributed by atoms with Crippen LogP contribution in [0, 0.1) is 17.0 Å². The van der Waals surface area contributed by atoms with Gasteiger partial charge in [-0.15, -0.1) is 0 Å². The molecule has 2 heterocycles. The molecule has 9 heteroatoms. The van der Waals surface area contributed by atoms with Crippen molar-refractivity contribution in [2.45, 2.75) is 6.92 Å². The van der Waals surface area contributed by atoms with Crippen molar-refractivity contribution in [3.05, 3.63) is 45.8 Å². The number of aryl methyl sites for hydroxylation is 1. The smallest absolute Gasteiger partial charge is 0.293 e. The van der Waals surface area contributed by atoms with E-state index in [-0.39, 0.29) is 16.6 Å². The van der Waals surface area contributed by atoms with E-state index in [9.17, 15) is 10.1 Å². The second-order valence-electron chi connectivity index (χ2n) is 5.43. The Hall–Kier alpha value is -2.94. The summed E-state index contributed by atoms with van der Waals surface area (Å²) in [6.07, 6.45) is 3.20. The van der Waals surface area contributed by atoms with Gasteiger partial charge in [-0.1, -0.05) is 6.07 Å². The van der Waals surface area contributed by atoms with Gasteiger partial charge in [0, 0.05) is 24.7 Å². The molecule has 0 radical (unpaired) electrons. The normalized spacial score (nSPS) is 15.1. The lowest BCUT2D eigenvalue weighted by atomic mass is 10.1. The first-order valence-corrected chi connectivity index (χ1v) is 7.51. The first-order chi connectivity index (χ1) is 11.5. The van der Waals surface area contributed by atoms with Crippen LogP contribution in [0.25, 0.3) is 0 Å². The molecule has 2 aromatic rings. The SMILES string of the molecule is Cc1cn(N=Cc2ccc(N3CCOCC3)c([N+](=O)[O-])c2)c(N)n1. The van der Waals surface area contributed by atoms with Gasteiger partial charge in [0.05, 0.1) is 36.2 Å². The van der Waals surface area contributed by atoms with Crippen LogP contribution in [0.1, 0.15) is 11.3 Å². The number of nitro benzene ring substituents is 1. The number of nitrogens with two attached hydrogens (primary N) is 1. The zero-order valence-corrected chi connectivity index (χ0v) is 13.3. The summed E-state index contributed by atoms with van der Waals surface area (Å²) in [6, 6.07) is 5.04. The number of anilines is 2. The predicted octanol–water partition coefficient (Wildman–Crippen LogP) is 1.40. The number of hydrogen-bond donors (Lipinski definition) is 1. The first-order valence-electron chi connectivity index (χ1n) is 7.51. The van der Waals surface area contributed by atoms with Crippen LogP contribution in [0.15, 0.2) is 29.5 Å². The maximum Gasteiger partial charge on any atom is 0.293 e. The number of benzene rings is 1. The first kappa shape index (κ1) is 15.9. The summed E-state index contributed by atoms with van der Waals surface area (Å²) in [7, 11) is 0. The highest BCUT2D eigenvalue weighted by molar-refractivity contribution is 5.83. The van der Waals surface area contributed by atoms with Gasteiger partial charge in [-0.05, 0) is 13.0 Å². The highest BCUT2D eigenvalue weighted by Gasteiger charge is 2.21. The molecule has 2 N–H and O–H groups in total. The molecule has 9 nitrogen and oxygen atoms in total. The van der Waals surface area contributed by atoms with Crippen LogP contribution >= 0.6 is 0 Å². The molecule has 0 bridgehead atoms. The monoisotopic (exact) mass is 330 g/mol. The van der Waals surface area contributed by atoms with Gasteiger partial charge in [-0.3, -0.25) is 10.1 Å². The Morgan fingerprint density at radius 1 is 1.42 bits per heavy atom. The van der Waals surface area contributed by atoms with E-state index in [1.807, 2.05) is 11.8 Å². The number of nitro groups is 1. The minimum absolute atomic E-state index is 0.0515. The minimum Gasteiger partial charge on any atom is -0.378 e. The average molecular weight is 330 g/mol. The summed E-state index contributed by atoms with van der Waals surface area (Å²) in [4.78, 5) is 17.0. The molecule has 0 unspecified atom stereocenters. The van der Waals surface area contributed by atoms with Crippen LogP contribution in [0.5, 0.6) is 0 Å². The maximum atomic E-state index is 11.4. The van der Waals surface area contributed by atoms with Crippen molar-refractivity contribution in [1.82, 2.24) is 9.66 Å². The quantitative estimate of drug-likeness (QED) is 0.515. The number of nitrogens with zero attached hydrogens (tertiary/aromatic N) is 5. The summed E-state index contributed by atoms with van der Waals surface area (Å²) in [5, 5.41) is 15.6. The predicted molar refractivity (Wildman–Crippen MR) is 90.5 cm³/mol.